The van der Waals surface area contributed by atoms with Crippen molar-refractivity contribution in [1.29, 1.82) is 0 Å². The Labute approximate surface area is 162 Å². The molecule has 0 saturated carbocycles. The first kappa shape index (κ1) is 18.3. The molecule has 9 heteroatoms. The van der Waals surface area contributed by atoms with Crippen molar-refractivity contribution in [2.45, 2.75) is 38.8 Å². The van der Waals surface area contributed by atoms with E-state index in [4.69, 9.17) is 0 Å². The summed E-state index contributed by atoms with van der Waals surface area (Å²) in [6.07, 6.45) is 3.28. The minimum atomic E-state index is -0.606. The number of piperidine rings is 1. The predicted octanol–water partition coefficient (Wildman–Crippen LogP) is 0.180. The number of carbonyl (C=O) groups is 3. The van der Waals surface area contributed by atoms with E-state index in [1.165, 1.54) is 0 Å². The molecule has 3 amide bonds. The number of hydrogen-bond donors (Lipinski definition) is 2. The Morgan fingerprint density at radius 1 is 1.29 bits per heavy atom. The van der Waals surface area contributed by atoms with Gasteiger partial charge in [0.1, 0.15) is 6.04 Å². The van der Waals surface area contributed by atoms with E-state index in [0.717, 1.165) is 36.5 Å². The summed E-state index contributed by atoms with van der Waals surface area (Å²) in [6.45, 7) is 4.16. The molecule has 1 saturated heterocycles. The number of carbonyl (C=O) groups excluding carboxylic acids is 3. The van der Waals surface area contributed by atoms with E-state index in [-0.39, 0.29) is 18.2 Å². The Morgan fingerprint density at radius 2 is 2.14 bits per heavy atom. The molecule has 1 atom stereocenters. The van der Waals surface area contributed by atoms with Crippen molar-refractivity contribution >= 4 is 17.7 Å². The summed E-state index contributed by atoms with van der Waals surface area (Å²) < 4.78 is 1.70. The number of fused-ring (bicyclic) bond motifs is 1. The quantitative estimate of drug-likeness (QED) is 0.545. The largest absolute Gasteiger partial charge is 0.322 e. The Morgan fingerprint density at radius 3 is 2.93 bits per heavy atom. The Bertz CT molecular complexity index is 938. The fraction of sp³-hybridized carbons (Fsp3) is 0.421. The lowest BCUT2D eigenvalue weighted by atomic mass is 10.0. The van der Waals surface area contributed by atoms with Crippen LogP contribution < -0.4 is 10.6 Å². The molecule has 0 spiro atoms. The summed E-state index contributed by atoms with van der Waals surface area (Å²) in [5.41, 5.74) is 3.14. The van der Waals surface area contributed by atoms with Crippen LogP contribution in [0.3, 0.4) is 0 Å². The lowest BCUT2D eigenvalue weighted by molar-refractivity contribution is -0.136. The molecule has 2 N–H and O–H groups in total. The van der Waals surface area contributed by atoms with Gasteiger partial charge in [0.15, 0.2) is 0 Å². The van der Waals surface area contributed by atoms with Crippen molar-refractivity contribution in [1.82, 2.24) is 30.5 Å². The van der Waals surface area contributed by atoms with Gasteiger partial charge in [-0.25, -0.2) is 4.68 Å². The molecular weight excluding hydrogens is 360 g/mol. The van der Waals surface area contributed by atoms with Gasteiger partial charge in [0.05, 0.1) is 17.6 Å². The molecule has 2 aliphatic rings. The van der Waals surface area contributed by atoms with Crippen LogP contribution in [-0.4, -0.2) is 56.7 Å². The van der Waals surface area contributed by atoms with Crippen LogP contribution in [0.1, 0.15) is 41.4 Å². The second-order valence-corrected chi connectivity index (χ2v) is 7.00. The summed E-state index contributed by atoms with van der Waals surface area (Å²) in [6, 6.07) is 4.89. The number of aromatic nitrogens is 3. The number of likely N-dealkylation sites (N-methyl/N-ethyl adjacent to an activating group) is 1. The van der Waals surface area contributed by atoms with Crippen LogP contribution in [0, 0.1) is 0 Å². The summed E-state index contributed by atoms with van der Waals surface area (Å²) in [4.78, 5) is 37.8. The molecule has 4 rings (SSSR count). The van der Waals surface area contributed by atoms with Crippen LogP contribution in [0.5, 0.6) is 0 Å². The van der Waals surface area contributed by atoms with E-state index in [1.54, 1.807) is 15.6 Å². The van der Waals surface area contributed by atoms with E-state index in [9.17, 15) is 14.4 Å². The highest BCUT2D eigenvalue weighted by Crippen LogP contribution is 2.28. The molecule has 1 unspecified atom stereocenters. The maximum Gasteiger partial charge on any atom is 0.255 e. The molecule has 2 aliphatic heterocycles. The third-order valence-corrected chi connectivity index (χ3v) is 5.12. The molecule has 1 aromatic heterocycles. The number of nitrogens with zero attached hydrogens (tertiary/aromatic N) is 4. The zero-order chi connectivity index (χ0) is 19.7. The third kappa shape index (κ3) is 3.40. The van der Waals surface area contributed by atoms with E-state index >= 15 is 0 Å². The second kappa shape index (κ2) is 7.51. The average Bonchev–Trinajstić information content (AvgIpc) is 3.27. The van der Waals surface area contributed by atoms with Crippen molar-refractivity contribution in [3.8, 4) is 5.69 Å². The topological polar surface area (TPSA) is 109 Å². The number of hydrogen-bond acceptors (Lipinski definition) is 6. The normalized spacial score (nSPS) is 19.1. The SMILES string of the molecule is CCNCCc1cn(-c2ccc3c(c2)CN(C2CCC(=O)NC2=O)C3=O)nn1. The lowest BCUT2D eigenvalue weighted by Gasteiger charge is -2.29. The maximum absolute atomic E-state index is 12.7. The van der Waals surface area contributed by atoms with Crippen molar-refractivity contribution in [2.24, 2.45) is 0 Å². The smallest absolute Gasteiger partial charge is 0.255 e. The van der Waals surface area contributed by atoms with Crippen LogP contribution in [0.2, 0.25) is 0 Å². The lowest BCUT2D eigenvalue weighted by Crippen LogP contribution is -2.52. The van der Waals surface area contributed by atoms with Gasteiger partial charge in [-0.1, -0.05) is 12.1 Å². The molecule has 0 radical (unpaired) electrons. The fourth-order valence-electron chi connectivity index (χ4n) is 3.64. The van der Waals surface area contributed by atoms with Gasteiger partial charge in [0.2, 0.25) is 11.8 Å². The zero-order valence-electron chi connectivity index (χ0n) is 15.6. The Hall–Kier alpha value is -3.07. The van der Waals surface area contributed by atoms with Crippen LogP contribution >= 0.6 is 0 Å². The molecule has 1 fully saturated rings. The van der Waals surface area contributed by atoms with Gasteiger partial charge in [0.25, 0.3) is 5.91 Å². The monoisotopic (exact) mass is 382 g/mol. The van der Waals surface area contributed by atoms with Crippen molar-refractivity contribution in [3.05, 3.63) is 41.2 Å². The number of rotatable bonds is 6. The highest BCUT2D eigenvalue weighted by Gasteiger charge is 2.39. The van der Waals surface area contributed by atoms with Gasteiger partial charge in [0, 0.05) is 31.5 Å². The minimum Gasteiger partial charge on any atom is -0.322 e. The average molecular weight is 382 g/mol. The van der Waals surface area contributed by atoms with Crippen LogP contribution in [-0.2, 0) is 22.6 Å². The van der Waals surface area contributed by atoms with Crippen LogP contribution in [0.4, 0.5) is 0 Å². The molecular formula is C19H22N6O3. The van der Waals surface area contributed by atoms with Gasteiger partial charge < -0.3 is 10.2 Å². The molecule has 0 bridgehead atoms. The summed E-state index contributed by atoms with van der Waals surface area (Å²) in [5, 5.41) is 13.9. The molecule has 1 aromatic carbocycles. The van der Waals surface area contributed by atoms with Crippen molar-refractivity contribution in [2.75, 3.05) is 13.1 Å². The molecule has 146 valence electrons. The van der Waals surface area contributed by atoms with Crippen LogP contribution in [0.25, 0.3) is 5.69 Å². The number of nitrogens with one attached hydrogen (secondary N) is 2. The van der Waals surface area contributed by atoms with Gasteiger partial charge >= 0.3 is 0 Å². The van der Waals surface area contributed by atoms with Crippen molar-refractivity contribution < 1.29 is 14.4 Å². The highest BCUT2D eigenvalue weighted by molar-refractivity contribution is 6.05. The third-order valence-electron chi connectivity index (χ3n) is 5.12. The summed E-state index contributed by atoms with van der Waals surface area (Å²) >= 11 is 0. The first-order chi connectivity index (χ1) is 13.6. The molecule has 0 aliphatic carbocycles. The number of amides is 3. The molecule has 9 nitrogen and oxygen atoms in total. The summed E-state index contributed by atoms with van der Waals surface area (Å²) in [7, 11) is 0. The highest BCUT2D eigenvalue weighted by atomic mass is 16.2. The van der Waals surface area contributed by atoms with E-state index in [0.29, 0.717) is 18.5 Å². The number of imide groups is 1. The van der Waals surface area contributed by atoms with Gasteiger partial charge in [-0.3, -0.25) is 19.7 Å². The number of benzene rings is 1. The standard InChI is InChI=1S/C19H22N6O3/c1-2-20-8-7-13-11-25(23-22-13)14-3-4-15-12(9-14)10-24(19(15)28)16-5-6-17(26)21-18(16)27/h3-4,9,11,16,20H,2,5-8,10H2,1H3,(H,21,26,27). The first-order valence-electron chi connectivity index (χ1n) is 9.46. The van der Waals surface area contributed by atoms with Gasteiger partial charge in [-0.05, 0) is 36.7 Å². The van der Waals surface area contributed by atoms with E-state index in [2.05, 4.69) is 27.9 Å². The van der Waals surface area contributed by atoms with Gasteiger partial charge in [-0.2, -0.15) is 0 Å². The van der Waals surface area contributed by atoms with Crippen molar-refractivity contribution in [3.63, 3.8) is 0 Å². The molecule has 2 aromatic rings. The minimum absolute atomic E-state index is 0.180. The zero-order valence-corrected chi connectivity index (χ0v) is 15.6. The van der Waals surface area contributed by atoms with Crippen LogP contribution in [0.15, 0.2) is 24.4 Å². The predicted molar refractivity (Wildman–Crippen MR) is 99.7 cm³/mol. The van der Waals surface area contributed by atoms with Gasteiger partial charge in [-0.15, -0.1) is 5.10 Å². The van der Waals surface area contributed by atoms with E-state index < -0.39 is 11.9 Å². The Balaban J connectivity index is 1.51. The summed E-state index contributed by atoms with van der Waals surface area (Å²) in [5.74, 6) is -0.871. The van der Waals surface area contributed by atoms with E-state index in [1.807, 2.05) is 18.3 Å². The Kier molecular flexibility index (Phi) is 4.91. The first-order valence-corrected chi connectivity index (χ1v) is 9.46. The maximum atomic E-state index is 12.7. The fourth-order valence-corrected chi connectivity index (χ4v) is 3.64. The second-order valence-electron chi connectivity index (χ2n) is 7.00. The molecule has 28 heavy (non-hydrogen) atoms. The molecule has 3 heterocycles.